The molecule has 0 N–H and O–H groups in total. The van der Waals surface area contributed by atoms with Gasteiger partial charge in [-0.2, -0.15) is 0 Å². The molecule has 2 nitrogen and oxygen atoms in total. The van der Waals surface area contributed by atoms with Crippen molar-refractivity contribution < 1.29 is 8.42 Å². The predicted octanol–water partition coefficient (Wildman–Crippen LogP) is 2.38. The van der Waals surface area contributed by atoms with Gasteiger partial charge in [0.15, 0.2) is 0 Å². The van der Waals surface area contributed by atoms with Crippen molar-refractivity contribution >= 4 is 9.84 Å². The van der Waals surface area contributed by atoms with Gasteiger partial charge in [-0.25, -0.2) is 8.42 Å². The normalized spacial score (nSPS) is 10.6. The number of sulfone groups is 1. The Kier molecular flexibility index (Phi) is 4.57. The lowest BCUT2D eigenvalue weighted by Crippen LogP contribution is -1.89. The molecule has 0 aromatic heterocycles. The molecule has 16 heavy (non-hydrogen) atoms. The minimum absolute atomic E-state index is 0.741. The Hall–Kier alpha value is -1.27. The molecule has 0 aliphatic rings. The molecule has 0 aliphatic heterocycles. The largest absolute Gasteiger partial charge is 0.216 e. The third-order valence-electron chi connectivity index (χ3n) is 2.15. The average molecular weight is 236 g/mol. The summed E-state index contributed by atoms with van der Waals surface area (Å²) < 4.78 is 21.7. The summed E-state index contributed by atoms with van der Waals surface area (Å²) in [6.45, 7) is 2.16. The second-order valence-electron chi connectivity index (χ2n) is 3.80. The van der Waals surface area contributed by atoms with Crippen molar-refractivity contribution in [2.24, 2.45) is 0 Å². The maximum atomic E-state index is 10.8. The van der Waals surface area contributed by atoms with Gasteiger partial charge in [0.05, 0.1) is 6.26 Å². The predicted molar refractivity (Wildman–Crippen MR) is 66.8 cm³/mol. The SMILES string of the molecule is CCCCc1ccc(C#CS(C)(=O)=O)cc1. The van der Waals surface area contributed by atoms with Gasteiger partial charge < -0.3 is 0 Å². The third-order valence-corrected chi connectivity index (χ3v) is 2.63. The average Bonchev–Trinajstić information content (AvgIpc) is 2.24. The van der Waals surface area contributed by atoms with E-state index < -0.39 is 9.84 Å². The van der Waals surface area contributed by atoms with Crippen LogP contribution in [0.25, 0.3) is 0 Å². The smallest absolute Gasteiger partial charge is 0.214 e. The van der Waals surface area contributed by atoms with Crippen molar-refractivity contribution in [2.75, 3.05) is 6.26 Å². The highest BCUT2D eigenvalue weighted by Crippen LogP contribution is 2.07. The van der Waals surface area contributed by atoms with Crippen molar-refractivity contribution in [1.29, 1.82) is 0 Å². The van der Waals surface area contributed by atoms with E-state index in [2.05, 4.69) is 18.1 Å². The van der Waals surface area contributed by atoms with Crippen LogP contribution >= 0.6 is 0 Å². The van der Waals surface area contributed by atoms with Crippen LogP contribution < -0.4 is 0 Å². The van der Waals surface area contributed by atoms with E-state index in [1.165, 1.54) is 18.4 Å². The topological polar surface area (TPSA) is 34.1 Å². The lowest BCUT2D eigenvalue weighted by molar-refractivity contribution is 0.611. The summed E-state index contributed by atoms with van der Waals surface area (Å²) in [6, 6.07) is 7.73. The van der Waals surface area contributed by atoms with Crippen molar-refractivity contribution in [3.8, 4) is 11.2 Å². The van der Waals surface area contributed by atoms with Crippen molar-refractivity contribution in [3.05, 3.63) is 35.4 Å². The number of aryl methyl sites for hydroxylation is 1. The van der Waals surface area contributed by atoms with Crippen LogP contribution in [0.5, 0.6) is 0 Å². The molecule has 0 atom stereocenters. The molecule has 86 valence electrons. The Morgan fingerprint density at radius 3 is 2.31 bits per heavy atom. The molecule has 0 bridgehead atoms. The van der Waals surface area contributed by atoms with Gasteiger partial charge in [0, 0.05) is 10.8 Å². The zero-order valence-corrected chi connectivity index (χ0v) is 10.5. The van der Waals surface area contributed by atoms with E-state index in [0.717, 1.165) is 18.2 Å². The third kappa shape index (κ3) is 4.99. The first-order valence-corrected chi connectivity index (χ1v) is 7.22. The minimum Gasteiger partial charge on any atom is -0.216 e. The van der Waals surface area contributed by atoms with Crippen LogP contribution in [0.2, 0.25) is 0 Å². The van der Waals surface area contributed by atoms with Gasteiger partial charge in [-0.05, 0) is 30.5 Å². The molecule has 0 heterocycles. The molecule has 0 aliphatic carbocycles. The highest BCUT2D eigenvalue weighted by molar-refractivity contribution is 7.95. The van der Waals surface area contributed by atoms with Gasteiger partial charge in [0.1, 0.15) is 0 Å². The van der Waals surface area contributed by atoms with E-state index in [-0.39, 0.29) is 0 Å². The number of unbranched alkanes of at least 4 members (excludes halogenated alkanes) is 1. The van der Waals surface area contributed by atoms with Crippen LogP contribution in [0, 0.1) is 11.2 Å². The van der Waals surface area contributed by atoms with E-state index in [1.54, 1.807) is 0 Å². The Labute approximate surface area is 97.6 Å². The van der Waals surface area contributed by atoms with Crippen LogP contribution in [-0.4, -0.2) is 14.7 Å². The fourth-order valence-corrected chi connectivity index (χ4v) is 1.59. The van der Waals surface area contributed by atoms with Crippen LogP contribution in [0.4, 0.5) is 0 Å². The van der Waals surface area contributed by atoms with Gasteiger partial charge in [-0.3, -0.25) is 0 Å². The summed E-state index contributed by atoms with van der Waals surface area (Å²) in [6.07, 6.45) is 4.52. The minimum atomic E-state index is -3.21. The number of benzene rings is 1. The van der Waals surface area contributed by atoms with E-state index in [1.807, 2.05) is 24.3 Å². The number of hydrogen-bond donors (Lipinski definition) is 0. The van der Waals surface area contributed by atoms with Crippen LogP contribution in [0.3, 0.4) is 0 Å². The Morgan fingerprint density at radius 2 is 1.81 bits per heavy atom. The number of hydrogen-bond acceptors (Lipinski definition) is 2. The first-order chi connectivity index (χ1) is 7.51. The zero-order chi connectivity index (χ0) is 12.0. The molecular weight excluding hydrogens is 220 g/mol. The lowest BCUT2D eigenvalue weighted by atomic mass is 10.1. The molecule has 1 aromatic carbocycles. The summed E-state index contributed by atoms with van der Waals surface area (Å²) in [5, 5.41) is 2.22. The standard InChI is InChI=1S/C13H16O2S/c1-3-4-5-12-6-8-13(9-7-12)10-11-16(2,14)15/h6-9H,3-5H2,1-2H3. The van der Waals surface area contributed by atoms with E-state index in [4.69, 9.17) is 0 Å². The first kappa shape index (κ1) is 12.8. The van der Waals surface area contributed by atoms with Crippen LogP contribution in [-0.2, 0) is 16.3 Å². The van der Waals surface area contributed by atoms with Crippen molar-refractivity contribution in [3.63, 3.8) is 0 Å². The molecule has 3 heteroatoms. The van der Waals surface area contributed by atoms with Gasteiger partial charge in [0.25, 0.3) is 0 Å². The molecule has 1 rings (SSSR count). The zero-order valence-electron chi connectivity index (χ0n) is 9.66. The van der Waals surface area contributed by atoms with E-state index in [9.17, 15) is 8.42 Å². The maximum absolute atomic E-state index is 10.8. The van der Waals surface area contributed by atoms with Gasteiger partial charge in [0.2, 0.25) is 9.84 Å². The van der Waals surface area contributed by atoms with Gasteiger partial charge in [-0.15, -0.1) is 0 Å². The molecule has 0 saturated heterocycles. The Balaban J connectivity index is 2.74. The summed E-state index contributed by atoms with van der Waals surface area (Å²) in [5.41, 5.74) is 2.01. The summed E-state index contributed by atoms with van der Waals surface area (Å²) in [4.78, 5) is 0. The van der Waals surface area contributed by atoms with Gasteiger partial charge in [-0.1, -0.05) is 31.4 Å². The monoisotopic (exact) mass is 236 g/mol. The van der Waals surface area contributed by atoms with E-state index >= 15 is 0 Å². The molecule has 0 fully saturated rings. The molecule has 0 saturated carbocycles. The second-order valence-corrected chi connectivity index (χ2v) is 5.55. The van der Waals surface area contributed by atoms with Crippen LogP contribution in [0.1, 0.15) is 30.9 Å². The molecule has 0 amide bonds. The maximum Gasteiger partial charge on any atom is 0.214 e. The highest BCUT2D eigenvalue weighted by Gasteiger charge is 1.94. The summed E-state index contributed by atoms with van der Waals surface area (Å²) >= 11 is 0. The second kappa shape index (κ2) is 5.72. The molecule has 0 radical (unpaired) electrons. The lowest BCUT2D eigenvalue weighted by Gasteiger charge is -1.98. The molecule has 0 spiro atoms. The summed E-state index contributed by atoms with van der Waals surface area (Å²) in [5.74, 6) is 2.63. The van der Waals surface area contributed by atoms with Crippen LogP contribution in [0.15, 0.2) is 24.3 Å². The summed E-state index contributed by atoms with van der Waals surface area (Å²) in [7, 11) is -3.21. The van der Waals surface area contributed by atoms with E-state index in [0.29, 0.717) is 0 Å². The quantitative estimate of drug-likeness (QED) is 0.755. The molecule has 0 unspecified atom stereocenters. The van der Waals surface area contributed by atoms with Crippen molar-refractivity contribution in [1.82, 2.24) is 0 Å². The first-order valence-electron chi connectivity index (χ1n) is 5.33. The molecule has 1 aromatic rings. The van der Waals surface area contributed by atoms with Crippen molar-refractivity contribution in [2.45, 2.75) is 26.2 Å². The fourth-order valence-electron chi connectivity index (χ4n) is 1.29. The molecular formula is C13H16O2S. The Bertz CT molecular complexity index is 487. The van der Waals surface area contributed by atoms with Gasteiger partial charge >= 0.3 is 0 Å². The highest BCUT2D eigenvalue weighted by atomic mass is 32.2. The number of rotatable bonds is 3. The Morgan fingerprint density at radius 1 is 1.19 bits per heavy atom. The fraction of sp³-hybridized carbons (Fsp3) is 0.385.